The van der Waals surface area contributed by atoms with Gasteiger partial charge < -0.3 is 10.6 Å². The molecule has 1 aliphatic heterocycles. The molecule has 2 N–H and O–H groups in total. The van der Waals surface area contributed by atoms with Crippen LogP contribution >= 0.6 is 0 Å². The minimum atomic E-state index is 0.494. The van der Waals surface area contributed by atoms with Gasteiger partial charge in [-0.3, -0.25) is 0 Å². The molecular weight excluding hydrogens is 220 g/mol. The third kappa shape index (κ3) is 2.06. The SMILES string of the molecule is Nc1cccc(N2CCCC2c2ccccc2)c1. The Hall–Kier alpha value is -1.96. The topological polar surface area (TPSA) is 29.3 Å². The van der Waals surface area contributed by atoms with Crippen molar-refractivity contribution in [2.24, 2.45) is 0 Å². The number of hydrogen-bond acceptors (Lipinski definition) is 2. The molecule has 1 unspecified atom stereocenters. The minimum absolute atomic E-state index is 0.494. The Morgan fingerprint density at radius 2 is 1.83 bits per heavy atom. The maximum atomic E-state index is 5.88. The zero-order valence-electron chi connectivity index (χ0n) is 10.4. The number of nitrogens with zero attached hydrogens (tertiary/aromatic N) is 1. The minimum Gasteiger partial charge on any atom is -0.399 e. The Bertz CT molecular complexity index is 522. The third-order valence-corrected chi connectivity index (χ3v) is 3.64. The number of rotatable bonds is 2. The largest absolute Gasteiger partial charge is 0.399 e. The molecule has 1 fully saturated rings. The van der Waals surface area contributed by atoms with Crippen LogP contribution in [0, 0.1) is 0 Å². The molecule has 2 heteroatoms. The van der Waals surface area contributed by atoms with Crippen molar-refractivity contribution in [2.45, 2.75) is 18.9 Å². The maximum absolute atomic E-state index is 5.88. The summed E-state index contributed by atoms with van der Waals surface area (Å²) in [7, 11) is 0. The Labute approximate surface area is 108 Å². The molecule has 0 saturated carbocycles. The lowest BCUT2D eigenvalue weighted by atomic mass is 10.0. The fraction of sp³-hybridized carbons (Fsp3) is 0.250. The normalized spacial score (nSPS) is 19.1. The summed E-state index contributed by atoms with van der Waals surface area (Å²) >= 11 is 0. The van der Waals surface area contributed by atoms with Crippen molar-refractivity contribution >= 4 is 11.4 Å². The fourth-order valence-electron chi connectivity index (χ4n) is 2.80. The first kappa shape index (κ1) is 11.1. The van der Waals surface area contributed by atoms with Crippen molar-refractivity contribution in [3.8, 4) is 0 Å². The molecule has 2 aromatic rings. The van der Waals surface area contributed by atoms with Gasteiger partial charge in [-0.2, -0.15) is 0 Å². The van der Waals surface area contributed by atoms with E-state index in [4.69, 9.17) is 5.73 Å². The summed E-state index contributed by atoms with van der Waals surface area (Å²) in [5, 5.41) is 0. The van der Waals surface area contributed by atoms with Crippen LogP contribution in [0.5, 0.6) is 0 Å². The van der Waals surface area contributed by atoms with Crippen molar-refractivity contribution in [1.82, 2.24) is 0 Å². The summed E-state index contributed by atoms with van der Waals surface area (Å²) in [6, 6.07) is 19.4. The van der Waals surface area contributed by atoms with Crippen molar-refractivity contribution in [2.75, 3.05) is 17.2 Å². The average Bonchev–Trinajstić information content (AvgIpc) is 2.89. The predicted octanol–water partition coefficient (Wildman–Crippen LogP) is 3.61. The van der Waals surface area contributed by atoms with Crippen LogP contribution in [0.4, 0.5) is 11.4 Å². The van der Waals surface area contributed by atoms with Crippen LogP contribution in [0.15, 0.2) is 54.6 Å². The van der Waals surface area contributed by atoms with E-state index in [1.54, 1.807) is 0 Å². The molecule has 2 nitrogen and oxygen atoms in total. The van der Waals surface area contributed by atoms with Crippen LogP contribution in [-0.2, 0) is 0 Å². The van der Waals surface area contributed by atoms with E-state index >= 15 is 0 Å². The van der Waals surface area contributed by atoms with Crippen molar-refractivity contribution in [3.63, 3.8) is 0 Å². The number of benzene rings is 2. The van der Waals surface area contributed by atoms with Gasteiger partial charge in [0.2, 0.25) is 0 Å². The van der Waals surface area contributed by atoms with Gasteiger partial charge >= 0.3 is 0 Å². The molecule has 1 atom stereocenters. The van der Waals surface area contributed by atoms with Gasteiger partial charge in [0.05, 0.1) is 6.04 Å². The predicted molar refractivity (Wildman–Crippen MR) is 76.6 cm³/mol. The number of anilines is 2. The van der Waals surface area contributed by atoms with Crippen LogP contribution in [0.3, 0.4) is 0 Å². The summed E-state index contributed by atoms with van der Waals surface area (Å²) in [4.78, 5) is 2.46. The van der Waals surface area contributed by atoms with E-state index in [0.29, 0.717) is 6.04 Å². The van der Waals surface area contributed by atoms with E-state index in [1.165, 1.54) is 24.1 Å². The van der Waals surface area contributed by atoms with Crippen molar-refractivity contribution in [1.29, 1.82) is 0 Å². The molecule has 0 radical (unpaired) electrons. The lowest BCUT2D eigenvalue weighted by molar-refractivity contribution is 0.719. The lowest BCUT2D eigenvalue weighted by Crippen LogP contribution is -2.22. The lowest BCUT2D eigenvalue weighted by Gasteiger charge is -2.27. The summed E-state index contributed by atoms with van der Waals surface area (Å²) in [5.41, 5.74) is 9.36. The Morgan fingerprint density at radius 1 is 1.00 bits per heavy atom. The number of nitrogen functional groups attached to an aromatic ring is 1. The molecule has 3 rings (SSSR count). The molecule has 0 spiro atoms. The summed E-state index contributed by atoms with van der Waals surface area (Å²) in [5.74, 6) is 0. The van der Waals surface area contributed by atoms with Gasteiger partial charge in [0.25, 0.3) is 0 Å². The van der Waals surface area contributed by atoms with Gasteiger partial charge in [0.15, 0.2) is 0 Å². The van der Waals surface area contributed by atoms with E-state index in [9.17, 15) is 0 Å². The highest BCUT2D eigenvalue weighted by atomic mass is 15.2. The van der Waals surface area contributed by atoms with E-state index < -0.39 is 0 Å². The smallest absolute Gasteiger partial charge is 0.0543 e. The van der Waals surface area contributed by atoms with E-state index in [-0.39, 0.29) is 0 Å². The zero-order valence-corrected chi connectivity index (χ0v) is 10.4. The highest BCUT2D eigenvalue weighted by molar-refractivity contribution is 5.57. The Balaban J connectivity index is 1.92. The van der Waals surface area contributed by atoms with Crippen LogP contribution in [0.1, 0.15) is 24.4 Å². The molecule has 92 valence electrons. The van der Waals surface area contributed by atoms with Crippen LogP contribution < -0.4 is 10.6 Å². The molecule has 1 saturated heterocycles. The zero-order chi connectivity index (χ0) is 12.4. The molecule has 1 aliphatic rings. The quantitative estimate of drug-likeness (QED) is 0.810. The first-order valence-electron chi connectivity index (χ1n) is 6.52. The number of hydrogen-bond donors (Lipinski definition) is 1. The Kier molecular flexibility index (Phi) is 2.93. The second kappa shape index (κ2) is 4.73. The van der Waals surface area contributed by atoms with Gasteiger partial charge in [-0.15, -0.1) is 0 Å². The van der Waals surface area contributed by atoms with Crippen molar-refractivity contribution < 1.29 is 0 Å². The maximum Gasteiger partial charge on any atom is 0.0543 e. The van der Waals surface area contributed by atoms with Crippen LogP contribution in [0.2, 0.25) is 0 Å². The van der Waals surface area contributed by atoms with Gasteiger partial charge in [-0.05, 0) is 36.6 Å². The standard InChI is InChI=1S/C16H18N2/c17-14-8-4-9-15(12-14)18-11-5-10-16(18)13-6-2-1-3-7-13/h1-4,6-9,12,16H,5,10-11,17H2. The molecule has 0 aliphatic carbocycles. The third-order valence-electron chi connectivity index (χ3n) is 3.64. The van der Waals surface area contributed by atoms with Crippen LogP contribution in [-0.4, -0.2) is 6.54 Å². The van der Waals surface area contributed by atoms with E-state index in [1.807, 2.05) is 12.1 Å². The molecular formula is C16H18N2. The van der Waals surface area contributed by atoms with Crippen molar-refractivity contribution in [3.05, 3.63) is 60.2 Å². The molecule has 0 aromatic heterocycles. The monoisotopic (exact) mass is 238 g/mol. The fourth-order valence-corrected chi connectivity index (χ4v) is 2.80. The second-order valence-electron chi connectivity index (χ2n) is 4.86. The molecule has 0 bridgehead atoms. The molecule has 1 heterocycles. The first-order valence-corrected chi connectivity index (χ1v) is 6.52. The van der Waals surface area contributed by atoms with Gasteiger partial charge in [0, 0.05) is 17.9 Å². The Morgan fingerprint density at radius 3 is 2.61 bits per heavy atom. The summed E-state index contributed by atoms with van der Waals surface area (Å²) < 4.78 is 0. The van der Waals surface area contributed by atoms with Gasteiger partial charge in [-0.25, -0.2) is 0 Å². The molecule has 2 aromatic carbocycles. The van der Waals surface area contributed by atoms with E-state index in [2.05, 4.69) is 47.4 Å². The van der Waals surface area contributed by atoms with E-state index in [0.717, 1.165) is 12.2 Å². The average molecular weight is 238 g/mol. The summed E-state index contributed by atoms with van der Waals surface area (Å²) in [6.45, 7) is 1.11. The molecule has 0 amide bonds. The molecule has 18 heavy (non-hydrogen) atoms. The number of nitrogens with two attached hydrogens (primary N) is 1. The van der Waals surface area contributed by atoms with Crippen LogP contribution in [0.25, 0.3) is 0 Å². The summed E-state index contributed by atoms with van der Waals surface area (Å²) in [6.07, 6.45) is 2.47. The van der Waals surface area contributed by atoms with Gasteiger partial charge in [-0.1, -0.05) is 36.4 Å². The van der Waals surface area contributed by atoms with Gasteiger partial charge in [0.1, 0.15) is 0 Å². The second-order valence-corrected chi connectivity index (χ2v) is 4.86. The first-order chi connectivity index (χ1) is 8.84. The highest BCUT2D eigenvalue weighted by Gasteiger charge is 2.25. The highest BCUT2D eigenvalue weighted by Crippen LogP contribution is 2.36.